The molecule has 1 heterocycles. The first-order valence-electron chi connectivity index (χ1n) is 2.93. The first-order valence-corrected chi connectivity index (χ1v) is 6.26. The zero-order chi connectivity index (χ0) is 8.32. The highest BCUT2D eigenvalue weighted by atomic mass is 32.2. The van der Waals surface area contributed by atoms with Gasteiger partial charge in [-0.25, -0.2) is 4.72 Å². The predicted octanol–water partition coefficient (Wildman–Crippen LogP) is 2.03. The Morgan fingerprint density at radius 2 is 2.45 bits per heavy atom. The molecule has 1 rings (SSSR count). The molecular weight excluding hydrogens is 196 g/mol. The van der Waals surface area contributed by atoms with E-state index in [0.29, 0.717) is 0 Å². The lowest BCUT2D eigenvalue weighted by molar-refractivity contribution is 0.889. The third-order valence-electron chi connectivity index (χ3n) is 1.40. The Hall–Kier alpha value is 0.240. The van der Waals surface area contributed by atoms with E-state index < -0.39 is 4.87 Å². The van der Waals surface area contributed by atoms with Crippen molar-refractivity contribution >= 4 is 35.5 Å². The van der Waals surface area contributed by atoms with Gasteiger partial charge in [-0.2, -0.15) is 5.26 Å². The highest BCUT2D eigenvalue weighted by Crippen LogP contribution is 2.41. The van der Waals surface area contributed by atoms with E-state index >= 15 is 0 Å². The summed E-state index contributed by atoms with van der Waals surface area (Å²) < 4.78 is 3.08. The van der Waals surface area contributed by atoms with Gasteiger partial charge in [0.05, 0.1) is 0 Å². The number of hydrogen-bond donors (Lipinski definition) is 1. The summed E-state index contributed by atoms with van der Waals surface area (Å²) >= 11 is 4.64. The molecule has 0 aromatic rings. The first-order chi connectivity index (χ1) is 5.29. The van der Waals surface area contributed by atoms with Crippen molar-refractivity contribution in [3.63, 3.8) is 0 Å². The second kappa shape index (κ2) is 3.76. The molecule has 1 atom stereocenters. The average molecular weight is 204 g/mol. The summed E-state index contributed by atoms with van der Waals surface area (Å²) in [6, 6.07) is 2.27. The fourth-order valence-electron chi connectivity index (χ4n) is 0.757. The van der Waals surface area contributed by atoms with Gasteiger partial charge in [-0.15, -0.1) is 23.5 Å². The van der Waals surface area contributed by atoms with E-state index in [1.807, 2.05) is 17.9 Å². The topological polar surface area (TPSA) is 35.8 Å². The minimum Gasteiger partial charge on any atom is -0.228 e. The molecule has 1 N–H and O–H groups in total. The van der Waals surface area contributed by atoms with Crippen molar-refractivity contribution in [3.8, 4) is 6.07 Å². The van der Waals surface area contributed by atoms with Crippen molar-refractivity contribution in [2.24, 2.45) is 0 Å². The van der Waals surface area contributed by atoms with Gasteiger partial charge < -0.3 is 0 Å². The maximum atomic E-state index is 8.92. The molecule has 0 radical (unpaired) electrons. The van der Waals surface area contributed by atoms with Crippen LogP contribution in [0.5, 0.6) is 0 Å². The highest BCUT2D eigenvalue weighted by molar-refractivity contribution is 8.09. The van der Waals surface area contributed by atoms with Gasteiger partial charge >= 0.3 is 0 Å². The third-order valence-corrected chi connectivity index (χ3v) is 4.47. The van der Waals surface area contributed by atoms with Crippen molar-refractivity contribution in [1.29, 1.82) is 5.26 Å². The fourth-order valence-corrected chi connectivity index (χ4v) is 3.80. The zero-order valence-corrected chi connectivity index (χ0v) is 8.70. The first kappa shape index (κ1) is 9.33. The number of nitrogens with zero attached hydrogens (tertiary/aromatic N) is 1. The maximum Gasteiger partial charge on any atom is 0.194 e. The van der Waals surface area contributed by atoms with E-state index in [1.54, 1.807) is 11.8 Å². The van der Waals surface area contributed by atoms with Crippen LogP contribution in [0.25, 0.3) is 0 Å². The van der Waals surface area contributed by atoms with Gasteiger partial charge in [-0.3, -0.25) is 0 Å². The van der Waals surface area contributed by atoms with Crippen LogP contribution in [0.3, 0.4) is 0 Å². The van der Waals surface area contributed by atoms with E-state index in [0.717, 1.165) is 4.91 Å². The summed E-state index contributed by atoms with van der Waals surface area (Å²) in [4.78, 5) is 0.599. The summed E-state index contributed by atoms with van der Waals surface area (Å²) in [6.45, 7) is 0. The predicted molar refractivity (Wildman–Crippen MR) is 54.2 cm³/mol. The van der Waals surface area contributed by atoms with Crippen molar-refractivity contribution in [2.75, 3.05) is 12.5 Å². The molecule has 1 aliphatic rings. The van der Waals surface area contributed by atoms with Crippen LogP contribution >= 0.6 is 35.5 Å². The van der Waals surface area contributed by atoms with Gasteiger partial charge in [0.25, 0.3) is 0 Å². The molecule has 0 aromatic heterocycles. The molecule has 0 bridgehead atoms. The Morgan fingerprint density at radius 1 is 1.73 bits per heavy atom. The fraction of sp³-hybridized carbons (Fsp3) is 0.500. The molecule has 11 heavy (non-hydrogen) atoms. The van der Waals surface area contributed by atoms with E-state index in [-0.39, 0.29) is 0 Å². The quantitative estimate of drug-likeness (QED) is 0.696. The monoisotopic (exact) mass is 204 g/mol. The van der Waals surface area contributed by atoms with Gasteiger partial charge in [-0.05, 0) is 29.9 Å². The Morgan fingerprint density at radius 3 is 2.82 bits per heavy atom. The second-order valence-electron chi connectivity index (χ2n) is 1.90. The largest absolute Gasteiger partial charge is 0.228 e. The number of thioether (sulfide) groups is 2. The van der Waals surface area contributed by atoms with E-state index in [2.05, 4.69) is 10.8 Å². The van der Waals surface area contributed by atoms with Gasteiger partial charge in [-0.1, -0.05) is 0 Å². The number of rotatable bonds is 2. The standard InChI is InChI=1S/C6H8N2S3/c1-9-5-3-11-8-6(5,4-7)10-2/h3,8H,1-2H3. The molecule has 0 aromatic carbocycles. The molecule has 0 fully saturated rings. The van der Waals surface area contributed by atoms with Crippen molar-refractivity contribution in [2.45, 2.75) is 4.87 Å². The lowest BCUT2D eigenvalue weighted by Gasteiger charge is -2.19. The van der Waals surface area contributed by atoms with Crippen molar-refractivity contribution in [1.82, 2.24) is 4.72 Å². The van der Waals surface area contributed by atoms with E-state index in [9.17, 15) is 0 Å². The number of hydrogen-bond acceptors (Lipinski definition) is 5. The van der Waals surface area contributed by atoms with Crippen LogP contribution in [0.1, 0.15) is 0 Å². The van der Waals surface area contributed by atoms with Crippen LogP contribution in [-0.4, -0.2) is 17.4 Å². The lowest BCUT2D eigenvalue weighted by Crippen LogP contribution is -2.33. The van der Waals surface area contributed by atoms with E-state index in [4.69, 9.17) is 5.26 Å². The molecule has 1 aliphatic heterocycles. The summed E-state index contributed by atoms with van der Waals surface area (Å²) in [5.74, 6) is 0. The third kappa shape index (κ3) is 1.54. The van der Waals surface area contributed by atoms with Gasteiger partial charge in [0.1, 0.15) is 6.07 Å². The molecule has 0 amide bonds. The molecule has 0 aliphatic carbocycles. The number of nitrogens with one attached hydrogen (secondary N) is 1. The Kier molecular flexibility index (Phi) is 3.19. The van der Waals surface area contributed by atoms with Crippen molar-refractivity contribution in [3.05, 3.63) is 10.3 Å². The summed E-state index contributed by atoms with van der Waals surface area (Å²) in [5, 5.41) is 10.9. The SMILES string of the molecule is CSC1=CSNC1(C#N)SC. The molecule has 60 valence electrons. The van der Waals surface area contributed by atoms with E-state index in [1.165, 1.54) is 23.7 Å². The minimum absolute atomic E-state index is 0.496. The summed E-state index contributed by atoms with van der Waals surface area (Å²) in [6.07, 6.45) is 3.92. The van der Waals surface area contributed by atoms with Crippen LogP contribution in [0, 0.1) is 11.3 Å². The average Bonchev–Trinajstić information content (AvgIpc) is 2.47. The Balaban J connectivity index is 2.87. The molecule has 5 heteroatoms. The molecule has 1 unspecified atom stereocenters. The van der Waals surface area contributed by atoms with Gasteiger partial charge in [0.2, 0.25) is 0 Å². The molecule has 0 saturated carbocycles. The smallest absolute Gasteiger partial charge is 0.194 e. The highest BCUT2D eigenvalue weighted by Gasteiger charge is 2.37. The maximum absolute atomic E-state index is 8.92. The minimum atomic E-state index is -0.496. The van der Waals surface area contributed by atoms with Crippen LogP contribution in [-0.2, 0) is 0 Å². The van der Waals surface area contributed by atoms with Crippen LogP contribution in [0.2, 0.25) is 0 Å². The molecule has 2 nitrogen and oxygen atoms in total. The van der Waals surface area contributed by atoms with Crippen LogP contribution < -0.4 is 4.72 Å². The molecule has 0 spiro atoms. The normalized spacial score (nSPS) is 29.7. The molecular formula is C6H8N2S3. The summed E-state index contributed by atoms with van der Waals surface area (Å²) in [7, 11) is 0. The molecule has 0 saturated heterocycles. The Bertz CT molecular complexity index is 220. The van der Waals surface area contributed by atoms with Crippen molar-refractivity contribution < 1.29 is 0 Å². The lowest BCUT2D eigenvalue weighted by atomic mass is 10.3. The van der Waals surface area contributed by atoms with Gasteiger partial charge in [0.15, 0.2) is 4.87 Å². The van der Waals surface area contributed by atoms with Crippen LogP contribution in [0.4, 0.5) is 0 Å². The summed E-state index contributed by atoms with van der Waals surface area (Å²) in [5.41, 5.74) is 0. The zero-order valence-electron chi connectivity index (χ0n) is 6.25. The van der Waals surface area contributed by atoms with Gasteiger partial charge in [0, 0.05) is 4.91 Å². The second-order valence-corrected chi connectivity index (χ2v) is 4.45. The number of nitriles is 1. The Labute approximate surface area is 79.3 Å². The van der Waals surface area contributed by atoms with Crippen LogP contribution in [0.15, 0.2) is 10.3 Å².